The van der Waals surface area contributed by atoms with E-state index < -0.39 is 6.09 Å². The molecule has 1 saturated carbocycles. The number of alkyl carbamates (subject to hydrolysis) is 1. The van der Waals surface area contributed by atoms with E-state index in [1.54, 1.807) is 6.20 Å². The fourth-order valence-corrected chi connectivity index (χ4v) is 2.90. The molecule has 1 amide bonds. The van der Waals surface area contributed by atoms with Crippen LogP contribution in [0.4, 0.5) is 4.79 Å². The van der Waals surface area contributed by atoms with E-state index in [2.05, 4.69) is 24.8 Å². The highest BCUT2D eigenvalue weighted by molar-refractivity contribution is 5.67. The summed E-state index contributed by atoms with van der Waals surface area (Å²) in [6.45, 7) is 0.353. The lowest BCUT2D eigenvalue weighted by Gasteiger charge is -2.13. The van der Waals surface area contributed by atoms with Gasteiger partial charge in [-0.1, -0.05) is 18.9 Å². The van der Waals surface area contributed by atoms with Crippen LogP contribution < -0.4 is 5.32 Å². The van der Waals surface area contributed by atoms with Gasteiger partial charge in [0.15, 0.2) is 0 Å². The van der Waals surface area contributed by atoms with Crippen LogP contribution in [0, 0.1) is 0 Å². The monoisotopic (exact) mass is 300 g/mol. The van der Waals surface area contributed by atoms with Crippen molar-refractivity contribution in [2.45, 2.75) is 38.3 Å². The Balaban J connectivity index is 1.88. The maximum absolute atomic E-state index is 11.2. The second-order valence-electron chi connectivity index (χ2n) is 5.46. The molecule has 0 spiro atoms. The van der Waals surface area contributed by atoms with Gasteiger partial charge in [-0.15, -0.1) is 0 Å². The number of carbonyl (C=O) groups excluding carboxylic acids is 1. The number of hydrogen-bond acceptors (Lipinski definition) is 4. The summed E-state index contributed by atoms with van der Waals surface area (Å²) in [6, 6.07) is 8.28. The van der Waals surface area contributed by atoms with Crippen LogP contribution in [-0.2, 0) is 11.3 Å². The smallest absolute Gasteiger partial charge is 0.407 e. The van der Waals surface area contributed by atoms with Crippen molar-refractivity contribution in [1.82, 2.24) is 20.1 Å². The van der Waals surface area contributed by atoms with Gasteiger partial charge in [0.1, 0.15) is 0 Å². The number of nitrogens with one attached hydrogen (secondary N) is 1. The molecule has 22 heavy (non-hydrogen) atoms. The molecule has 6 nitrogen and oxygen atoms in total. The van der Waals surface area contributed by atoms with Crippen LogP contribution in [0.2, 0.25) is 0 Å². The van der Waals surface area contributed by atoms with E-state index in [4.69, 9.17) is 0 Å². The summed E-state index contributed by atoms with van der Waals surface area (Å²) in [5.74, 6) is 0. The van der Waals surface area contributed by atoms with Gasteiger partial charge in [0.25, 0.3) is 0 Å². The number of methoxy groups -OCH3 is 1. The van der Waals surface area contributed by atoms with Crippen LogP contribution in [0.1, 0.15) is 37.4 Å². The maximum Gasteiger partial charge on any atom is 0.407 e. The van der Waals surface area contributed by atoms with Crippen LogP contribution in [0.3, 0.4) is 0 Å². The minimum absolute atomic E-state index is 0.353. The fraction of sp³-hybridized carbons (Fsp3) is 0.438. The zero-order chi connectivity index (χ0) is 15.4. The number of carbonyl (C=O) groups is 1. The summed E-state index contributed by atoms with van der Waals surface area (Å²) in [5.41, 5.74) is 2.73. The molecule has 1 fully saturated rings. The van der Waals surface area contributed by atoms with Gasteiger partial charge >= 0.3 is 6.09 Å². The van der Waals surface area contributed by atoms with Gasteiger partial charge < -0.3 is 10.1 Å². The molecular formula is C16H20N4O2. The normalized spacial score (nSPS) is 15.0. The molecule has 1 aliphatic rings. The molecule has 0 bridgehead atoms. The van der Waals surface area contributed by atoms with Gasteiger partial charge in [-0.05, 0) is 31.0 Å². The Labute approximate surface area is 129 Å². The van der Waals surface area contributed by atoms with Gasteiger partial charge in [-0.2, -0.15) is 5.10 Å². The van der Waals surface area contributed by atoms with Crippen LogP contribution in [0.15, 0.2) is 30.5 Å². The standard InChI is InChI=1S/C16H20N4O2/c1-22-16(21)18-11-12-10-15(14-8-4-5-9-17-14)20(19-12)13-6-2-3-7-13/h4-5,8-10,13H,2-3,6-7,11H2,1H3,(H,18,21). The van der Waals surface area contributed by atoms with E-state index in [9.17, 15) is 4.79 Å². The van der Waals surface area contributed by atoms with Crippen molar-refractivity contribution < 1.29 is 9.53 Å². The molecule has 1 aliphatic carbocycles. The van der Waals surface area contributed by atoms with E-state index in [1.807, 2.05) is 24.3 Å². The van der Waals surface area contributed by atoms with Crippen molar-refractivity contribution in [1.29, 1.82) is 0 Å². The summed E-state index contributed by atoms with van der Waals surface area (Å²) in [6.07, 6.45) is 6.10. The highest BCUT2D eigenvalue weighted by atomic mass is 16.5. The van der Waals surface area contributed by atoms with Gasteiger partial charge in [-0.25, -0.2) is 4.79 Å². The van der Waals surface area contributed by atoms with E-state index in [1.165, 1.54) is 20.0 Å². The Bertz CT molecular complexity index is 633. The minimum atomic E-state index is -0.449. The second-order valence-corrected chi connectivity index (χ2v) is 5.46. The quantitative estimate of drug-likeness (QED) is 0.942. The molecule has 0 unspecified atom stereocenters. The lowest BCUT2D eigenvalue weighted by molar-refractivity contribution is 0.170. The molecular weight excluding hydrogens is 280 g/mol. The first-order chi connectivity index (χ1) is 10.8. The summed E-state index contributed by atoms with van der Waals surface area (Å²) >= 11 is 0. The Morgan fingerprint density at radius 1 is 1.41 bits per heavy atom. The van der Waals surface area contributed by atoms with Gasteiger partial charge in [0.2, 0.25) is 0 Å². The van der Waals surface area contributed by atoms with Crippen molar-refractivity contribution in [3.05, 3.63) is 36.2 Å². The van der Waals surface area contributed by atoms with Crippen LogP contribution >= 0.6 is 0 Å². The number of pyridine rings is 1. The van der Waals surface area contributed by atoms with Crippen LogP contribution in [0.25, 0.3) is 11.4 Å². The van der Waals surface area contributed by atoms with E-state index in [0.717, 1.165) is 29.9 Å². The maximum atomic E-state index is 11.2. The SMILES string of the molecule is COC(=O)NCc1cc(-c2ccccn2)n(C2CCCC2)n1. The molecule has 0 aliphatic heterocycles. The zero-order valence-electron chi connectivity index (χ0n) is 12.7. The summed E-state index contributed by atoms with van der Waals surface area (Å²) in [7, 11) is 1.35. The molecule has 1 N–H and O–H groups in total. The largest absolute Gasteiger partial charge is 0.453 e. The lowest BCUT2D eigenvalue weighted by Crippen LogP contribution is -2.22. The third-order valence-electron chi connectivity index (χ3n) is 3.98. The molecule has 2 heterocycles. The molecule has 3 rings (SSSR count). The second kappa shape index (κ2) is 6.60. The molecule has 0 aromatic carbocycles. The molecule has 0 saturated heterocycles. The molecule has 116 valence electrons. The third-order valence-corrected chi connectivity index (χ3v) is 3.98. The first-order valence-electron chi connectivity index (χ1n) is 7.59. The number of ether oxygens (including phenoxy) is 1. The first kappa shape index (κ1) is 14.6. The Hall–Kier alpha value is -2.37. The van der Waals surface area contributed by atoms with Crippen molar-refractivity contribution in [3.8, 4) is 11.4 Å². The Morgan fingerprint density at radius 2 is 2.23 bits per heavy atom. The average molecular weight is 300 g/mol. The minimum Gasteiger partial charge on any atom is -0.453 e. The molecule has 0 radical (unpaired) electrons. The van der Waals surface area contributed by atoms with Crippen LogP contribution in [-0.4, -0.2) is 28.0 Å². The number of aromatic nitrogens is 3. The van der Waals surface area contributed by atoms with E-state index >= 15 is 0 Å². The van der Waals surface area contributed by atoms with Crippen molar-refractivity contribution in [3.63, 3.8) is 0 Å². The molecule has 2 aromatic heterocycles. The van der Waals surface area contributed by atoms with E-state index in [0.29, 0.717) is 12.6 Å². The van der Waals surface area contributed by atoms with E-state index in [-0.39, 0.29) is 0 Å². The summed E-state index contributed by atoms with van der Waals surface area (Å²) in [4.78, 5) is 15.7. The van der Waals surface area contributed by atoms with Gasteiger partial charge in [-0.3, -0.25) is 9.67 Å². The van der Waals surface area contributed by atoms with Crippen molar-refractivity contribution in [2.24, 2.45) is 0 Å². The molecule has 2 aromatic rings. The predicted octanol–water partition coefficient (Wildman–Crippen LogP) is 2.92. The number of amides is 1. The topological polar surface area (TPSA) is 69.0 Å². The van der Waals surface area contributed by atoms with Gasteiger partial charge in [0.05, 0.1) is 36.8 Å². The molecule has 6 heteroatoms. The lowest BCUT2D eigenvalue weighted by atomic mass is 10.2. The van der Waals surface area contributed by atoms with Crippen molar-refractivity contribution in [2.75, 3.05) is 7.11 Å². The number of nitrogens with zero attached hydrogens (tertiary/aromatic N) is 3. The first-order valence-corrected chi connectivity index (χ1v) is 7.59. The Morgan fingerprint density at radius 3 is 2.91 bits per heavy atom. The summed E-state index contributed by atoms with van der Waals surface area (Å²) < 4.78 is 6.67. The third kappa shape index (κ3) is 3.10. The predicted molar refractivity (Wildman–Crippen MR) is 82.2 cm³/mol. The number of hydrogen-bond donors (Lipinski definition) is 1. The zero-order valence-corrected chi connectivity index (χ0v) is 12.7. The highest BCUT2D eigenvalue weighted by Gasteiger charge is 2.22. The van der Waals surface area contributed by atoms with Crippen molar-refractivity contribution >= 4 is 6.09 Å². The Kier molecular flexibility index (Phi) is 4.37. The summed E-state index contributed by atoms with van der Waals surface area (Å²) in [5, 5.41) is 7.36. The highest BCUT2D eigenvalue weighted by Crippen LogP contribution is 2.33. The van der Waals surface area contributed by atoms with Crippen LogP contribution in [0.5, 0.6) is 0 Å². The molecule has 0 atom stereocenters. The number of rotatable bonds is 4. The average Bonchev–Trinajstić information content (AvgIpc) is 3.22. The fourth-order valence-electron chi connectivity index (χ4n) is 2.90. The van der Waals surface area contributed by atoms with Gasteiger partial charge in [0, 0.05) is 6.20 Å².